The summed E-state index contributed by atoms with van der Waals surface area (Å²) in [5, 5.41) is 0. The number of allylic oxidation sites excluding steroid dienone is 4. The first-order valence-corrected chi connectivity index (χ1v) is 16.9. The zero-order chi connectivity index (χ0) is 30.1. The van der Waals surface area contributed by atoms with Crippen LogP contribution in [0.25, 0.3) is 22.3 Å². The van der Waals surface area contributed by atoms with Crippen molar-refractivity contribution in [1.29, 1.82) is 0 Å². The average molecular weight is 595 g/mol. The van der Waals surface area contributed by atoms with E-state index >= 15 is 8.78 Å². The highest BCUT2D eigenvalue weighted by atomic mass is 32.2. The van der Waals surface area contributed by atoms with Gasteiger partial charge >= 0.3 is 0 Å². The van der Waals surface area contributed by atoms with E-state index in [2.05, 4.69) is 62.4 Å². The van der Waals surface area contributed by atoms with Crippen molar-refractivity contribution in [2.45, 2.75) is 63.9 Å². The van der Waals surface area contributed by atoms with Crippen LogP contribution in [0.5, 0.6) is 0 Å². The second-order valence-electron chi connectivity index (χ2n) is 12.0. The largest absolute Gasteiger partial charge is 0.228 e. The lowest BCUT2D eigenvalue weighted by molar-refractivity contribution is 0.580. The Morgan fingerprint density at radius 1 is 0.512 bits per heavy atom. The number of aryl methyl sites for hydroxylation is 2. The van der Waals surface area contributed by atoms with Crippen LogP contribution in [-0.2, 0) is 21.3 Å². The van der Waals surface area contributed by atoms with E-state index in [0.29, 0.717) is 0 Å². The van der Waals surface area contributed by atoms with Gasteiger partial charge in [-0.05, 0) is 109 Å². The molecule has 0 aromatic heterocycles. The monoisotopic (exact) mass is 594 g/mol. The first-order chi connectivity index (χ1) is 20.7. The third-order valence-electron chi connectivity index (χ3n) is 8.79. The molecule has 2 aliphatic rings. The Morgan fingerprint density at radius 3 is 1.19 bits per heavy atom. The number of rotatable bonds is 8. The summed E-state index contributed by atoms with van der Waals surface area (Å²) >= 11 is 0. The zero-order valence-corrected chi connectivity index (χ0v) is 25.5. The summed E-state index contributed by atoms with van der Waals surface area (Å²) in [4.78, 5) is 0. The van der Waals surface area contributed by atoms with E-state index in [1.54, 1.807) is 12.1 Å². The van der Waals surface area contributed by atoms with Crippen molar-refractivity contribution in [3.8, 4) is 0 Å². The van der Waals surface area contributed by atoms with Crippen LogP contribution in [0.3, 0.4) is 0 Å². The molecular formula is C38H36F2O2S. The Morgan fingerprint density at radius 2 is 0.837 bits per heavy atom. The molecule has 0 amide bonds. The molecule has 6 rings (SSSR count). The quantitative estimate of drug-likeness (QED) is 0.203. The lowest BCUT2D eigenvalue weighted by Gasteiger charge is -2.12. The number of sulfone groups is 1. The predicted octanol–water partition coefficient (Wildman–Crippen LogP) is 9.89. The van der Waals surface area contributed by atoms with Gasteiger partial charge in [0.2, 0.25) is 0 Å². The standard InChI is InChI=1S/C38H36F2O2S/c1-25-9-13-27(14-10-25)33-5-3-7-35(33)29-17-19-31(37(39)21-29)23-43(41,42)24-32-20-18-30(22-38(32)40)36-8-4-6-34(36)28-15-11-26(2)12-16-28/h9-22H,3-8,23-24H2,1-2H3. The van der Waals surface area contributed by atoms with Crippen LogP contribution in [-0.4, -0.2) is 8.42 Å². The van der Waals surface area contributed by atoms with Gasteiger partial charge in [0.05, 0.1) is 11.5 Å². The molecule has 4 aromatic rings. The second kappa shape index (κ2) is 12.0. The van der Waals surface area contributed by atoms with Crippen molar-refractivity contribution in [3.63, 3.8) is 0 Å². The topological polar surface area (TPSA) is 34.1 Å². The van der Waals surface area contributed by atoms with Gasteiger partial charge in [-0.1, -0.05) is 83.9 Å². The van der Waals surface area contributed by atoms with E-state index in [0.717, 1.165) is 71.9 Å². The number of hydrogen-bond acceptors (Lipinski definition) is 2. The smallest absolute Gasteiger partial charge is 0.158 e. The molecule has 4 aromatic carbocycles. The summed E-state index contributed by atoms with van der Waals surface area (Å²) < 4.78 is 56.9. The van der Waals surface area contributed by atoms with Crippen LogP contribution >= 0.6 is 0 Å². The minimum Gasteiger partial charge on any atom is -0.228 e. The average Bonchev–Trinajstić information content (AvgIpc) is 3.67. The van der Waals surface area contributed by atoms with E-state index < -0.39 is 33.0 Å². The van der Waals surface area contributed by atoms with Gasteiger partial charge in [0, 0.05) is 11.1 Å². The van der Waals surface area contributed by atoms with E-state index in [9.17, 15) is 8.42 Å². The molecule has 0 unspecified atom stereocenters. The van der Waals surface area contributed by atoms with Crippen molar-refractivity contribution >= 4 is 32.1 Å². The molecule has 5 heteroatoms. The summed E-state index contributed by atoms with van der Waals surface area (Å²) in [6, 6.07) is 26.4. The highest BCUT2D eigenvalue weighted by Crippen LogP contribution is 2.41. The van der Waals surface area contributed by atoms with Crippen molar-refractivity contribution in [2.75, 3.05) is 0 Å². The Hall–Kier alpha value is -3.83. The van der Waals surface area contributed by atoms with E-state index in [1.165, 1.54) is 34.4 Å². The Labute approximate surface area is 253 Å². The highest BCUT2D eigenvalue weighted by molar-refractivity contribution is 7.89. The molecule has 0 spiro atoms. The fourth-order valence-corrected chi connectivity index (χ4v) is 8.02. The zero-order valence-electron chi connectivity index (χ0n) is 24.7. The molecule has 2 aliphatic carbocycles. The van der Waals surface area contributed by atoms with Crippen molar-refractivity contribution < 1.29 is 17.2 Å². The van der Waals surface area contributed by atoms with E-state index in [-0.39, 0.29) is 11.1 Å². The second-order valence-corrected chi connectivity index (χ2v) is 14.1. The summed E-state index contributed by atoms with van der Waals surface area (Å²) in [5.74, 6) is -2.05. The van der Waals surface area contributed by atoms with Gasteiger partial charge in [-0.3, -0.25) is 0 Å². The maximum Gasteiger partial charge on any atom is 0.158 e. The maximum atomic E-state index is 15.3. The van der Waals surface area contributed by atoms with Gasteiger partial charge in [0.15, 0.2) is 9.84 Å². The minimum atomic E-state index is -3.82. The third-order valence-corrected chi connectivity index (χ3v) is 10.3. The lowest BCUT2D eigenvalue weighted by Crippen LogP contribution is -2.10. The molecular weight excluding hydrogens is 558 g/mol. The van der Waals surface area contributed by atoms with Gasteiger partial charge in [0.1, 0.15) is 11.6 Å². The molecule has 0 heterocycles. The molecule has 2 nitrogen and oxygen atoms in total. The van der Waals surface area contributed by atoms with Gasteiger partial charge in [-0.2, -0.15) is 0 Å². The van der Waals surface area contributed by atoms with Crippen molar-refractivity contribution in [3.05, 3.63) is 141 Å². The van der Waals surface area contributed by atoms with E-state index in [4.69, 9.17) is 0 Å². The van der Waals surface area contributed by atoms with Crippen molar-refractivity contribution in [1.82, 2.24) is 0 Å². The molecule has 0 radical (unpaired) electrons. The molecule has 0 atom stereocenters. The van der Waals surface area contributed by atoms with Crippen LogP contribution < -0.4 is 0 Å². The van der Waals surface area contributed by atoms with Crippen LogP contribution in [0.15, 0.2) is 84.9 Å². The molecule has 43 heavy (non-hydrogen) atoms. The summed E-state index contributed by atoms with van der Waals surface area (Å²) in [6.07, 6.45) is 5.60. The summed E-state index contributed by atoms with van der Waals surface area (Å²) in [6.45, 7) is 4.10. The van der Waals surface area contributed by atoms with Gasteiger partial charge < -0.3 is 0 Å². The number of halogens is 2. The van der Waals surface area contributed by atoms with Gasteiger partial charge in [0.25, 0.3) is 0 Å². The molecule has 0 fully saturated rings. The predicted molar refractivity (Wildman–Crippen MR) is 173 cm³/mol. The molecule has 0 bridgehead atoms. The molecule has 0 saturated carbocycles. The third kappa shape index (κ3) is 6.42. The van der Waals surface area contributed by atoms with Crippen molar-refractivity contribution in [2.24, 2.45) is 0 Å². The highest BCUT2D eigenvalue weighted by Gasteiger charge is 2.23. The fourth-order valence-electron chi connectivity index (χ4n) is 6.50. The van der Waals surface area contributed by atoms with Crippen LogP contribution in [0.2, 0.25) is 0 Å². The van der Waals surface area contributed by atoms with Gasteiger partial charge in [-0.25, -0.2) is 17.2 Å². The Kier molecular flexibility index (Phi) is 8.19. The molecule has 0 saturated heterocycles. The normalized spacial score (nSPS) is 15.5. The first kappa shape index (κ1) is 29.3. The summed E-state index contributed by atoms with van der Waals surface area (Å²) in [7, 11) is -3.82. The van der Waals surface area contributed by atoms with E-state index in [1.807, 2.05) is 12.1 Å². The SMILES string of the molecule is Cc1ccc(C2=C(c3ccc(CS(=O)(=O)Cc4ccc(C5=C(c6ccc(C)cc6)CCC5)cc4F)c(F)c3)CCC2)cc1. The van der Waals surface area contributed by atoms with Crippen LogP contribution in [0, 0.1) is 25.5 Å². The van der Waals surface area contributed by atoms with Crippen LogP contribution in [0.4, 0.5) is 8.78 Å². The lowest BCUT2D eigenvalue weighted by atomic mass is 9.96. The van der Waals surface area contributed by atoms with Gasteiger partial charge in [-0.15, -0.1) is 0 Å². The van der Waals surface area contributed by atoms with Crippen LogP contribution in [0.1, 0.15) is 83.0 Å². The maximum absolute atomic E-state index is 15.3. The Bertz CT molecular complexity index is 1720. The Balaban J connectivity index is 1.19. The fraction of sp³-hybridized carbons (Fsp3) is 0.263. The molecule has 0 N–H and O–H groups in total. The molecule has 0 aliphatic heterocycles. The molecule has 220 valence electrons. The minimum absolute atomic E-state index is 0.107. The summed E-state index contributed by atoms with van der Waals surface area (Å²) in [5.41, 5.74) is 11.1. The number of hydrogen-bond donors (Lipinski definition) is 0. The number of benzene rings is 4. The first-order valence-electron chi connectivity index (χ1n) is 15.0.